The molecule has 1 heterocycles. The number of benzene rings is 1. The Bertz CT molecular complexity index is 559. The third-order valence-electron chi connectivity index (χ3n) is 2.30. The fourth-order valence-corrected chi connectivity index (χ4v) is 1.72. The van der Waals surface area contributed by atoms with Crippen LogP contribution in [0.4, 0.5) is 11.8 Å². The number of ether oxygens (including phenoxy) is 1. The fraction of sp³-hybridized carbons (Fsp3) is 0.0909. The summed E-state index contributed by atoms with van der Waals surface area (Å²) in [5.74, 6) is 1.06. The van der Waals surface area contributed by atoms with Crippen molar-refractivity contribution in [2.75, 3.05) is 18.6 Å². The zero-order chi connectivity index (χ0) is 12.4. The molecule has 2 aromatic rings. The van der Waals surface area contributed by atoms with Crippen molar-refractivity contribution in [2.24, 2.45) is 0 Å². The van der Waals surface area contributed by atoms with E-state index in [4.69, 9.17) is 27.8 Å². The van der Waals surface area contributed by atoms with Gasteiger partial charge in [-0.15, -0.1) is 0 Å². The highest BCUT2D eigenvalue weighted by Gasteiger charge is 2.08. The van der Waals surface area contributed by atoms with Gasteiger partial charge in [-0.1, -0.05) is 17.7 Å². The molecule has 2 rings (SSSR count). The molecule has 88 valence electrons. The zero-order valence-electron chi connectivity index (χ0n) is 9.14. The Balaban J connectivity index is 2.50. The molecule has 5 nitrogen and oxygen atoms in total. The van der Waals surface area contributed by atoms with E-state index in [1.54, 1.807) is 25.4 Å². The van der Waals surface area contributed by atoms with Crippen LogP contribution in [0.3, 0.4) is 0 Å². The number of halogens is 1. The van der Waals surface area contributed by atoms with E-state index in [1.807, 2.05) is 6.07 Å². The molecule has 0 aliphatic rings. The lowest BCUT2D eigenvalue weighted by molar-refractivity contribution is 0.415. The normalized spacial score (nSPS) is 10.2. The summed E-state index contributed by atoms with van der Waals surface area (Å²) >= 11 is 6.03. The van der Waals surface area contributed by atoms with Crippen LogP contribution in [0.5, 0.6) is 5.75 Å². The van der Waals surface area contributed by atoms with Crippen molar-refractivity contribution >= 4 is 23.4 Å². The summed E-state index contributed by atoms with van der Waals surface area (Å²) in [6, 6.07) is 5.33. The van der Waals surface area contributed by atoms with Crippen molar-refractivity contribution in [1.29, 1.82) is 0 Å². The van der Waals surface area contributed by atoms with Gasteiger partial charge in [0.2, 0.25) is 5.95 Å². The molecule has 1 aromatic carbocycles. The molecular formula is C11H11ClN4O. The van der Waals surface area contributed by atoms with Gasteiger partial charge in [0.15, 0.2) is 0 Å². The van der Waals surface area contributed by atoms with Gasteiger partial charge in [0.1, 0.15) is 11.6 Å². The van der Waals surface area contributed by atoms with Gasteiger partial charge < -0.3 is 16.2 Å². The lowest BCUT2D eigenvalue weighted by Crippen LogP contribution is -2.01. The van der Waals surface area contributed by atoms with Crippen molar-refractivity contribution in [2.45, 2.75) is 0 Å². The molecule has 0 fully saturated rings. The van der Waals surface area contributed by atoms with Crippen molar-refractivity contribution in [3.8, 4) is 16.9 Å². The van der Waals surface area contributed by atoms with E-state index < -0.39 is 0 Å². The number of methoxy groups -OCH3 is 1. The summed E-state index contributed by atoms with van der Waals surface area (Å²) in [6.07, 6.45) is 1.57. The van der Waals surface area contributed by atoms with E-state index in [1.165, 1.54) is 0 Å². The van der Waals surface area contributed by atoms with Crippen molar-refractivity contribution in [3.05, 3.63) is 29.4 Å². The van der Waals surface area contributed by atoms with E-state index in [9.17, 15) is 0 Å². The smallest absolute Gasteiger partial charge is 0.221 e. The maximum absolute atomic E-state index is 6.03. The van der Waals surface area contributed by atoms with Crippen LogP contribution >= 0.6 is 11.6 Å². The van der Waals surface area contributed by atoms with Gasteiger partial charge in [0, 0.05) is 11.8 Å². The number of hydrogen-bond donors (Lipinski definition) is 2. The monoisotopic (exact) mass is 250 g/mol. The maximum atomic E-state index is 6.03. The molecule has 0 aliphatic carbocycles. The predicted molar refractivity (Wildman–Crippen MR) is 67.9 cm³/mol. The average Bonchev–Trinajstić information content (AvgIpc) is 2.29. The van der Waals surface area contributed by atoms with E-state index in [0.717, 1.165) is 5.56 Å². The molecule has 0 aliphatic heterocycles. The molecule has 17 heavy (non-hydrogen) atoms. The second kappa shape index (κ2) is 4.47. The van der Waals surface area contributed by atoms with Crippen LogP contribution in [-0.4, -0.2) is 17.1 Å². The molecule has 0 saturated carbocycles. The Kier molecular flexibility index (Phi) is 3.01. The van der Waals surface area contributed by atoms with Crippen molar-refractivity contribution in [1.82, 2.24) is 9.97 Å². The minimum Gasteiger partial charge on any atom is -0.495 e. The average molecular weight is 251 g/mol. The predicted octanol–water partition coefficient (Wildman–Crippen LogP) is 1.97. The molecule has 0 atom stereocenters. The quantitative estimate of drug-likeness (QED) is 0.851. The molecule has 0 spiro atoms. The third-order valence-corrected chi connectivity index (χ3v) is 2.60. The Morgan fingerprint density at radius 3 is 2.65 bits per heavy atom. The van der Waals surface area contributed by atoms with E-state index in [-0.39, 0.29) is 5.95 Å². The number of rotatable bonds is 2. The molecule has 0 bridgehead atoms. The summed E-state index contributed by atoms with van der Waals surface area (Å²) in [5, 5.41) is 0.501. The summed E-state index contributed by atoms with van der Waals surface area (Å²) < 4.78 is 5.07. The molecular weight excluding hydrogens is 240 g/mol. The van der Waals surface area contributed by atoms with Crippen LogP contribution in [0.25, 0.3) is 11.1 Å². The summed E-state index contributed by atoms with van der Waals surface area (Å²) in [6.45, 7) is 0. The highest BCUT2D eigenvalue weighted by molar-refractivity contribution is 6.32. The summed E-state index contributed by atoms with van der Waals surface area (Å²) in [5.41, 5.74) is 12.7. The van der Waals surface area contributed by atoms with Gasteiger partial charge in [-0.05, 0) is 17.7 Å². The van der Waals surface area contributed by atoms with Crippen molar-refractivity contribution < 1.29 is 4.74 Å². The van der Waals surface area contributed by atoms with Crippen LogP contribution in [0, 0.1) is 0 Å². The first kappa shape index (κ1) is 11.5. The second-order valence-electron chi connectivity index (χ2n) is 3.38. The molecule has 6 heteroatoms. The van der Waals surface area contributed by atoms with Gasteiger partial charge in [-0.25, -0.2) is 4.98 Å². The maximum Gasteiger partial charge on any atom is 0.221 e. The lowest BCUT2D eigenvalue weighted by Gasteiger charge is -2.07. The topological polar surface area (TPSA) is 87.0 Å². The van der Waals surface area contributed by atoms with E-state index in [0.29, 0.717) is 22.2 Å². The number of nitrogens with zero attached hydrogens (tertiary/aromatic N) is 2. The van der Waals surface area contributed by atoms with Crippen molar-refractivity contribution in [3.63, 3.8) is 0 Å². The summed E-state index contributed by atoms with van der Waals surface area (Å²) in [4.78, 5) is 7.79. The van der Waals surface area contributed by atoms with Crippen LogP contribution in [0.1, 0.15) is 0 Å². The zero-order valence-corrected chi connectivity index (χ0v) is 9.90. The molecule has 0 unspecified atom stereocenters. The molecule has 0 saturated heterocycles. The fourth-order valence-electron chi connectivity index (χ4n) is 1.47. The van der Waals surface area contributed by atoms with Crippen LogP contribution in [0.15, 0.2) is 24.4 Å². The van der Waals surface area contributed by atoms with Crippen LogP contribution in [-0.2, 0) is 0 Å². The SMILES string of the molecule is COc1ccc(-c2cnc(N)nc2N)cc1Cl. The molecule has 4 N–H and O–H groups in total. The molecule has 1 aromatic heterocycles. The molecule has 0 amide bonds. The first-order valence-electron chi connectivity index (χ1n) is 4.83. The highest BCUT2D eigenvalue weighted by Crippen LogP contribution is 2.31. The largest absolute Gasteiger partial charge is 0.495 e. The van der Waals surface area contributed by atoms with Gasteiger partial charge >= 0.3 is 0 Å². The number of nitrogens with two attached hydrogens (primary N) is 2. The Labute approximate surface area is 103 Å². The van der Waals surface area contributed by atoms with Crippen LogP contribution < -0.4 is 16.2 Å². The first-order valence-corrected chi connectivity index (χ1v) is 5.21. The van der Waals surface area contributed by atoms with Gasteiger partial charge in [0.05, 0.1) is 12.1 Å². The van der Waals surface area contributed by atoms with Crippen LogP contribution in [0.2, 0.25) is 5.02 Å². The van der Waals surface area contributed by atoms with Gasteiger partial charge in [-0.2, -0.15) is 4.98 Å². The second-order valence-corrected chi connectivity index (χ2v) is 3.78. The number of nitrogen functional groups attached to an aromatic ring is 2. The number of anilines is 2. The Hall–Kier alpha value is -2.01. The molecule has 0 radical (unpaired) electrons. The highest BCUT2D eigenvalue weighted by atomic mass is 35.5. The Morgan fingerprint density at radius 2 is 2.06 bits per heavy atom. The Morgan fingerprint density at radius 1 is 1.29 bits per heavy atom. The minimum absolute atomic E-state index is 0.144. The lowest BCUT2D eigenvalue weighted by atomic mass is 10.1. The van der Waals surface area contributed by atoms with Gasteiger partial charge in [0.25, 0.3) is 0 Å². The number of hydrogen-bond acceptors (Lipinski definition) is 5. The first-order chi connectivity index (χ1) is 8.11. The van der Waals surface area contributed by atoms with E-state index in [2.05, 4.69) is 9.97 Å². The minimum atomic E-state index is 0.144. The summed E-state index contributed by atoms with van der Waals surface area (Å²) in [7, 11) is 1.56. The number of aromatic nitrogens is 2. The van der Waals surface area contributed by atoms with E-state index >= 15 is 0 Å². The van der Waals surface area contributed by atoms with Gasteiger partial charge in [-0.3, -0.25) is 0 Å². The third kappa shape index (κ3) is 2.24. The standard InChI is InChI=1S/C11H11ClN4O/c1-17-9-3-2-6(4-8(9)12)7-5-15-11(14)16-10(7)13/h2-5H,1H3,(H4,13,14,15,16).